The summed E-state index contributed by atoms with van der Waals surface area (Å²) in [5, 5.41) is 0. The van der Waals surface area contributed by atoms with E-state index in [1.807, 2.05) is 19.1 Å². The second-order valence-electron chi connectivity index (χ2n) is 4.48. The molecule has 0 bridgehead atoms. The SMILES string of the molecule is Cc1cc(-c2ccc(Br)s2)nc(C2(N)CC2)n1. The number of halogens is 1. The Balaban J connectivity index is 2.08. The van der Waals surface area contributed by atoms with E-state index < -0.39 is 0 Å². The second-order valence-corrected chi connectivity index (χ2v) is 6.94. The Morgan fingerprint density at radius 1 is 1.35 bits per heavy atom. The molecule has 2 heterocycles. The maximum Gasteiger partial charge on any atom is 0.149 e. The van der Waals surface area contributed by atoms with Crippen LogP contribution in [0, 0.1) is 6.92 Å². The molecule has 0 aromatic carbocycles. The minimum absolute atomic E-state index is 0.269. The van der Waals surface area contributed by atoms with Gasteiger partial charge in [0.05, 0.1) is 19.9 Å². The van der Waals surface area contributed by atoms with Crippen LogP contribution in [0.4, 0.5) is 0 Å². The summed E-state index contributed by atoms with van der Waals surface area (Å²) >= 11 is 5.14. The highest BCUT2D eigenvalue weighted by atomic mass is 79.9. The summed E-state index contributed by atoms with van der Waals surface area (Å²) in [6, 6.07) is 6.11. The van der Waals surface area contributed by atoms with Crippen molar-refractivity contribution < 1.29 is 0 Å². The molecule has 2 N–H and O–H groups in total. The third-order valence-electron chi connectivity index (χ3n) is 2.91. The lowest BCUT2D eigenvalue weighted by atomic mass is 10.2. The van der Waals surface area contributed by atoms with Crippen molar-refractivity contribution >= 4 is 27.3 Å². The Kier molecular flexibility index (Phi) is 2.57. The minimum atomic E-state index is -0.269. The van der Waals surface area contributed by atoms with Gasteiger partial charge in [-0.2, -0.15) is 0 Å². The van der Waals surface area contributed by atoms with Gasteiger partial charge < -0.3 is 5.73 Å². The monoisotopic (exact) mass is 309 g/mol. The molecule has 0 saturated heterocycles. The van der Waals surface area contributed by atoms with E-state index in [0.29, 0.717) is 0 Å². The van der Waals surface area contributed by atoms with E-state index in [0.717, 1.165) is 38.7 Å². The summed E-state index contributed by atoms with van der Waals surface area (Å²) in [7, 11) is 0. The third kappa shape index (κ3) is 2.14. The van der Waals surface area contributed by atoms with E-state index >= 15 is 0 Å². The summed E-state index contributed by atoms with van der Waals surface area (Å²) in [6.07, 6.45) is 1.98. The Bertz CT molecular complexity index is 575. The average molecular weight is 310 g/mol. The van der Waals surface area contributed by atoms with Crippen LogP contribution in [-0.2, 0) is 5.54 Å². The van der Waals surface area contributed by atoms with Crippen molar-refractivity contribution in [3.8, 4) is 10.6 Å². The van der Waals surface area contributed by atoms with E-state index in [1.54, 1.807) is 11.3 Å². The van der Waals surface area contributed by atoms with Crippen LogP contribution in [-0.4, -0.2) is 9.97 Å². The van der Waals surface area contributed by atoms with Crippen LogP contribution in [0.5, 0.6) is 0 Å². The van der Waals surface area contributed by atoms with Crippen molar-refractivity contribution in [2.75, 3.05) is 0 Å². The molecule has 88 valence electrons. The standard InChI is InChI=1S/C12H12BrN3S/c1-7-6-8(9-2-3-10(13)17-9)16-11(15-7)12(14)4-5-12/h2-3,6H,4-5,14H2,1H3. The molecule has 1 aliphatic rings. The molecule has 1 fully saturated rings. The smallest absolute Gasteiger partial charge is 0.149 e. The molecule has 17 heavy (non-hydrogen) atoms. The van der Waals surface area contributed by atoms with E-state index in [-0.39, 0.29) is 5.54 Å². The van der Waals surface area contributed by atoms with Crippen molar-refractivity contribution in [3.63, 3.8) is 0 Å². The molecule has 2 aromatic heterocycles. The van der Waals surface area contributed by atoms with Gasteiger partial charge in [0.1, 0.15) is 5.82 Å². The first-order chi connectivity index (χ1) is 8.07. The number of hydrogen-bond acceptors (Lipinski definition) is 4. The zero-order chi connectivity index (χ0) is 12.0. The number of aromatic nitrogens is 2. The molecule has 0 radical (unpaired) electrons. The first-order valence-corrected chi connectivity index (χ1v) is 7.08. The number of aryl methyl sites for hydroxylation is 1. The van der Waals surface area contributed by atoms with Crippen LogP contribution in [0.3, 0.4) is 0 Å². The fourth-order valence-corrected chi connectivity index (χ4v) is 3.07. The summed E-state index contributed by atoms with van der Waals surface area (Å²) in [5.74, 6) is 0.789. The summed E-state index contributed by atoms with van der Waals surface area (Å²) in [6.45, 7) is 1.99. The van der Waals surface area contributed by atoms with Gasteiger partial charge in [0.15, 0.2) is 0 Å². The first kappa shape index (κ1) is 11.3. The van der Waals surface area contributed by atoms with E-state index in [1.165, 1.54) is 0 Å². The van der Waals surface area contributed by atoms with Crippen LogP contribution in [0.25, 0.3) is 10.6 Å². The molecule has 1 saturated carbocycles. The predicted molar refractivity (Wildman–Crippen MR) is 72.9 cm³/mol. The van der Waals surface area contributed by atoms with Gasteiger partial charge in [0.2, 0.25) is 0 Å². The molecule has 3 rings (SSSR count). The highest BCUT2D eigenvalue weighted by Gasteiger charge is 2.43. The van der Waals surface area contributed by atoms with Crippen LogP contribution in [0.2, 0.25) is 0 Å². The van der Waals surface area contributed by atoms with Crippen LogP contribution in [0.15, 0.2) is 22.0 Å². The lowest BCUT2D eigenvalue weighted by Crippen LogP contribution is -2.22. The Hall–Kier alpha value is -0.780. The quantitative estimate of drug-likeness (QED) is 0.926. The minimum Gasteiger partial charge on any atom is -0.319 e. The van der Waals surface area contributed by atoms with Crippen molar-refractivity contribution in [1.29, 1.82) is 0 Å². The van der Waals surface area contributed by atoms with Gasteiger partial charge in [-0.25, -0.2) is 9.97 Å². The normalized spacial score (nSPS) is 17.1. The zero-order valence-corrected chi connectivity index (χ0v) is 11.8. The van der Waals surface area contributed by atoms with Gasteiger partial charge in [0, 0.05) is 5.69 Å². The van der Waals surface area contributed by atoms with Crippen LogP contribution < -0.4 is 5.73 Å². The highest BCUT2D eigenvalue weighted by molar-refractivity contribution is 9.11. The third-order valence-corrected chi connectivity index (χ3v) is 4.56. The number of hydrogen-bond donors (Lipinski definition) is 1. The summed E-state index contributed by atoms with van der Waals surface area (Å²) < 4.78 is 1.11. The van der Waals surface area contributed by atoms with Gasteiger partial charge in [-0.1, -0.05) is 0 Å². The molecule has 2 aromatic rings. The molecular weight excluding hydrogens is 298 g/mol. The summed E-state index contributed by atoms with van der Waals surface area (Å²) in [4.78, 5) is 10.2. The lowest BCUT2D eigenvalue weighted by Gasteiger charge is -2.09. The predicted octanol–water partition coefficient (Wildman–Crippen LogP) is 3.22. The number of nitrogens with zero attached hydrogens (tertiary/aromatic N) is 2. The van der Waals surface area contributed by atoms with Crippen molar-refractivity contribution in [2.24, 2.45) is 5.73 Å². The number of rotatable bonds is 2. The van der Waals surface area contributed by atoms with Crippen molar-refractivity contribution in [2.45, 2.75) is 25.3 Å². The fraction of sp³-hybridized carbons (Fsp3) is 0.333. The van der Waals surface area contributed by atoms with Gasteiger partial charge >= 0.3 is 0 Å². The van der Waals surface area contributed by atoms with Crippen LogP contribution >= 0.6 is 27.3 Å². The molecule has 3 nitrogen and oxygen atoms in total. The molecule has 5 heteroatoms. The average Bonchev–Trinajstić information content (AvgIpc) is 2.88. The molecule has 0 unspecified atom stereocenters. The molecular formula is C12H12BrN3S. The Morgan fingerprint density at radius 2 is 2.12 bits per heavy atom. The lowest BCUT2D eigenvalue weighted by molar-refractivity contribution is 0.669. The molecule has 0 aliphatic heterocycles. The Morgan fingerprint density at radius 3 is 2.71 bits per heavy atom. The van der Waals surface area contributed by atoms with Gasteiger partial charge in [0.25, 0.3) is 0 Å². The van der Waals surface area contributed by atoms with E-state index in [9.17, 15) is 0 Å². The fourth-order valence-electron chi connectivity index (χ4n) is 1.73. The second kappa shape index (κ2) is 3.86. The first-order valence-electron chi connectivity index (χ1n) is 5.48. The summed E-state index contributed by atoms with van der Waals surface area (Å²) in [5.41, 5.74) is 7.84. The topological polar surface area (TPSA) is 51.8 Å². The molecule has 0 spiro atoms. The van der Waals surface area contributed by atoms with E-state index in [4.69, 9.17) is 5.73 Å². The molecule has 0 amide bonds. The molecule has 1 aliphatic carbocycles. The van der Waals surface area contributed by atoms with Crippen molar-refractivity contribution in [3.05, 3.63) is 33.5 Å². The van der Waals surface area contributed by atoms with Crippen molar-refractivity contribution in [1.82, 2.24) is 9.97 Å². The maximum atomic E-state index is 6.16. The zero-order valence-electron chi connectivity index (χ0n) is 9.40. The van der Waals surface area contributed by atoms with E-state index in [2.05, 4.69) is 32.0 Å². The highest BCUT2D eigenvalue weighted by Crippen LogP contribution is 2.41. The van der Waals surface area contributed by atoms with Gasteiger partial charge in [-0.15, -0.1) is 11.3 Å². The van der Waals surface area contributed by atoms with Gasteiger partial charge in [-0.3, -0.25) is 0 Å². The van der Waals surface area contributed by atoms with Gasteiger partial charge in [-0.05, 0) is 53.9 Å². The number of nitrogens with two attached hydrogens (primary N) is 1. The molecule has 0 atom stereocenters. The Labute approximate surface area is 112 Å². The van der Waals surface area contributed by atoms with Crippen LogP contribution in [0.1, 0.15) is 24.4 Å². The number of thiophene rings is 1. The largest absolute Gasteiger partial charge is 0.319 e. The maximum absolute atomic E-state index is 6.16.